The molecular weight excluding hydrogens is 497 g/mol. The number of halogens is 1. The van der Waals surface area contributed by atoms with Gasteiger partial charge in [-0.05, 0) is 56.7 Å². The molecule has 38 heavy (non-hydrogen) atoms. The van der Waals surface area contributed by atoms with Gasteiger partial charge in [0.2, 0.25) is 0 Å². The Morgan fingerprint density at radius 2 is 1.79 bits per heavy atom. The highest BCUT2D eigenvalue weighted by Crippen LogP contribution is 2.20. The highest BCUT2D eigenvalue weighted by Gasteiger charge is 2.20. The number of rotatable bonds is 10. The van der Waals surface area contributed by atoms with Crippen LogP contribution in [0.25, 0.3) is 0 Å². The third kappa shape index (κ3) is 6.41. The highest BCUT2D eigenvalue weighted by atomic mass is 19.1. The SMILES string of the molecule is COC(=O)c1cccc(Cn2c(=O)c(/C(C)=N/OC(C)C)cn(CC(=O)c3cc(F)ccc3OC)c2=O)c1. The van der Waals surface area contributed by atoms with E-state index in [9.17, 15) is 23.6 Å². The van der Waals surface area contributed by atoms with Gasteiger partial charge in [0.05, 0.1) is 49.7 Å². The lowest BCUT2D eigenvalue weighted by molar-refractivity contribution is 0.0600. The summed E-state index contributed by atoms with van der Waals surface area (Å²) in [7, 11) is 2.58. The van der Waals surface area contributed by atoms with Gasteiger partial charge in [0.15, 0.2) is 5.78 Å². The van der Waals surface area contributed by atoms with Crippen LogP contribution in [0.5, 0.6) is 5.75 Å². The fraction of sp³-hybridized carbons (Fsp3) is 0.296. The first-order valence-corrected chi connectivity index (χ1v) is 11.6. The maximum absolute atomic E-state index is 13.9. The smallest absolute Gasteiger partial charge is 0.337 e. The molecule has 3 rings (SSSR count). The van der Waals surface area contributed by atoms with Crippen LogP contribution in [0, 0.1) is 5.82 Å². The van der Waals surface area contributed by atoms with Gasteiger partial charge >= 0.3 is 11.7 Å². The standard InChI is InChI=1S/C27H28FN3O7/c1-16(2)38-29-17(3)22-14-30(15-23(32)21-12-20(28)9-10-24(21)36-4)27(35)31(25(22)33)13-18-7-6-8-19(11-18)26(34)37-5/h6-12,14,16H,13,15H2,1-5H3/b29-17+. The van der Waals surface area contributed by atoms with Gasteiger partial charge < -0.3 is 14.3 Å². The maximum atomic E-state index is 13.9. The minimum absolute atomic E-state index is 0.0216. The molecule has 0 atom stereocenters. The normalized spacial score (nSPS) is 11.4. The van der Waals surface area contributed by atoms with Gasteiger partial charge in [-0.25, -0.2) is 14.0 Å². The molecule has 1 heterocycles. The van der Waals surface area contributed by atoms with Crippen LogP contribution in [-0.4, -0.2) is 46.9 Å². The molecule has 0 spiro atoms. The quantitative estimate of drug-likeness (QED) is 0.173. The molecule has 0 aliphatic heterocycles. The summed E-state index contributed by atoms with van der Waals surface area (Å²) in [6, 6.07) is 9.75. The number of Topliss-reactive ketones (excluding diaryl/α,β-unsaturated/α-hetero) is 1. The number of hydrogen-bond donors (Lipinski definition) is 0. The second kappa shape index (κ2) is 12.1. The van der Waals surface area contributed by atoms with Crippen LogP contribution in [0.1, 0.15) is 52.6 Å². The van der Waals surface area contributed by atoms with E-state index < -0.39 is 35.4 Å². The molecule has 0 bridgehead atoms. The van der Waals surface area contributed by atoms with Crippen molar-refractivity contribution in [2.24, 2.45) is 5.16 Å². The predicted octanol–water partition coefficient (Wildman–Crippen LogP) is 3.02. The zero-order valence-corrected chi connectivity index (χ0v) is 21.7. The number of methoxy groups -OCH3 is 2. The Morgan fingerprint density at radius 1 is 1.05 bits per heavy atom. The third-order valence-corrected chi connectivity index (χ3v) is 5.49. The first-order valence-electron chi connectivity index (χ1n) is 11.6. The van der Waals surface area contributed by atoms with Gasteiger partial charge in [0.25, 0.3) is 5.56 Å². The number of oxime groups is 1. The van der Waals surface area contributed by atoms with Gasteiger partial charge in [-0.3, -0.25) is 18.7 Å². The number of esters is 1. The Hall–Kier alpha value is -4.54. The first-order chi connectivity index (χ1) is 18.0. The summed E-state index contributed by atoms with van der Waals surface area (Å²) >= 11 is 0. The molecule has 0 saturated heterocycles. The van der Waals surface area contributed by atoms with Crippen LogP contribution < -0.4 is 16.0 Å². The molecule has 11 heteroatoms. The van der Waals surface area contributed by atoms with Crippen LogP contribution in [-0.2, 0) is 22.7 Å². The van der Waals surface area contributed by atoms with E-state index in [2.05, 4.69) is 5.16 Å². The van der Waals surface area contributed by atoms with E-state index in [4.69, 9.17) is 14.3 Å². The average molecular weight is 526 g/mol. The lowest BCUT2D eigenvalue weighted by Crippen LogP contribution is -2.43. The van der Waals surface area contributed by atoms with Crippen molar-refractivity contribution in [3.8, 4) is 5.75 Å². The summed E-state index contributed by atoms with van der Waals surface area (Å²) in [6.07, 6.45) is 0.958. The summed E-state index contributed by atoms with van der Waals surface area (Å²) in [5.74, 6) is -1.69. The molecule has 0 fully saturated rings. The predicted molar refractivity (Wildman–Crippen MR) is 138 cm³/mol. The number of benzene rings is 2. The molecule has 1 aromatic heterocycles. The Kier molecular flexibility index (Phi) is 8.95. The fourth-order valence-electron chi connectivity index (χ4n) is 3.62. The van der Waals surface area contributed by atoms with E-state index in [0.717, 1.165) is 21.3 Å². The third-order valence-electron chi connectivity index (χ3n) is 5.49. The molecule has 0 N–H and O–H groups in total. The molecule has 0 saturated carbocycles. The van der Waals surface area contributed by atoms with Crippen molar-refractivity contribution in [3.05, 3.63) is 97.6 Å². The summed E-state index contributed by atoms with van der Waals surface area (Å²) < 4.78 is 25.7. The number of nitrogens with zero attached hydrogens (tertiary/aromatic N) is 3. The molecule has 0 radical (unpaired) electrons. The van der Waals surface area contributed by atoms with Gasteiger partial charge in [0.1, 0.15) is 17.7 Å². The second-order valence-corrected chi connectivity index (χ2v) is 8.64. The van der Waals surface area contributed by atoms with E-state index in [1.807, 2.05) is 0 Å². The zero-order valence-electron chi connectivity index (χ0n) is 21.7. The van der Waals surface area contributed by atoms with Crippen LogP contribution in [0.4, 0.5) is 4.39 Å². The molecule has 0 aliphatic carbocycles. The van der Waals surface area contributed by atoms with E-state index in [1.165, 1.54) is 45.5 Å². The summed E-state index contributed by atoms with van der Waals surface area (Å²) in [5, 5.41) is 3.97. The summed E-state index contributed by atoms with van der Waals surface area (Å²) in [6.45, 7) is 4.34. The van der Waals surface area contributed by atoms with Gasteiger partial charge in [0, 0.05) is 6.20 Å². The highest BCUT2D eigenvalue weighted by molar-refractivity contribution is 5.99. The van der Waals surface area contributed by atoms with Crippen LogP contribution in [0.2, 0.25) is 0 Å². The van der Waals surface area contributed by atoms with Crippen LogP contribution in [0.3, 0.4) is 0 Å². The number of carbonyl (C=O) groups excluding carboxylic acids is 2. The number of aromatic nitrogens is 2. The molecular formula is C27H28FN3O7. The average Bonchev–Trinajstić information content (AvgIpc) is 2.90. The van der Waals surface area contributed by atoms with E-state index >= 15 is 0 Å². The Morgan fingerprint density at radius 3 is 2.45 bits per heavy atom. The molecule has 0 unspecified atom stereocenters. The zero-order chi connectivity index (χ0) is 28.0. The van der Waals surface area contributed by atoms with Gasteiger partial charge in [-0.2, -0.15) is 0 Å². The minimum Gasteiger partial charge on any atom is -0.496 e. The van der Waals surface area contributed by atoms with Crippen molar-refractivity contribution in [2.45, 2.75) is 40.0 Å². The van der Waals surface area contributed by atoms with Gasteiger partial charge in [-0.1, -0.05) is 17.3 Å². The van der Waals surface area contributed by atoms with E-state index in [1.54, 1.807) is 26.0 Å². The molecule has 0 aliphatic rings. The topological polar surface area (TPSA) is 118 Å². The second-order valence-electron chi connectivity index (χ2n) is 8.64. The van der Waals surface area contributed by atoms with Crippen LogP contribution >= 0.6 is 0 Å². The lowest BCUT2D eigenvalue weighted by Gasteiger charge is -2.14. The number of ketones is 1. The fourth-order valence-corrected chi connectivity index (χ4v) is 3.62. The summed E-state index contributed by atoms with van der Waals surface area (Å²) in [4.78, 5) is 57.1. The molecule has 2 aromatic carbocycles. The van der Waals surface area contributed by atoms with Crippen molar-refractivity contribution < 1.29 is 28.3 Å². The number of carbonyl (C=O) groups is 2. The Balaban J connectivity index is 2.14. The maximum Gasteiger partial charge on any atom is 0.337 e. The minimum atomic E-state index is -0.788. The van der Waals surface area contributed by atoms with Crippen molar-refractivity contribution in [3.63, 3.8) is 0 Å². The number of ether oxygens (including phenoxy) is 2. The summed E-state index contributed by atoms with van der Waals surface area (Å²) in [5.41, 5.74) is -0.591. The molecule has 3 aromatic rings. The lowest BCUT2D eigenvalue weighted by atomic mass is 10.1. The Labute approximate surface area is 217 Å². The first kappa shape index (κ1) is 28.0. The van der Waals surface area contributed by atoms with Crippen LogP contribution in [0.15, 0.2) is 63.4 Å². The Bertz CT molecular complexity index is 1510. The molecule has 200 valence electrons. The van der Waals surface area contributed by atoms with E-state index in [0.29, 0.717) is 5.56 Å². The molecule has 0 amide bonds. The van der Waals surface area contributed by atoms with Crippen molar-refractivity contribution in [1.82, 2.24) is 9.13 Å². The van der Waals surface area contributed by atoms with Gasteiger partial charge in [-0.15, -0.1) is 0 Å². The largest absolute Gasteiger partial charge is 0.496 e. The monoisotopic (exact) mass is 525 g/mol. The van der Waals surface area contributed by atoms with Crippen molar-refractivity contribution in [2.75, 3.05) is 14.2 Å². The van der Waals surface area contributed by atoms with Crippen molar-refractivity contribution >= 4 is 17.5 Å². The number of hydrogen-bond acceptors (Lipinski definition) is 8. The van der Waals surface area contributed by atoms with Crippen molar-refractivity contribution in [1.29, 1.82) is 0 Å². The molecule has 10 nitrogen and oxygen atoms in total. The van der Waals surface area contributed by atoms with E-state index in [-0.39, 0.29) is 40.8 Å².